The van der Waals surface area contributed by atoms with Gasteiger partial charge in [0.15, 0.2) is 5.82 Å². The van der Waals surface area contributed by atoms with Crippen LogP contribution in [0.25, 0.3) is 11.4 Å². The van der Waals surface area contributed by atoms with Crippen LogP contribution in [-0.4, -0.2) is 78.5 Å². The van der Waals surface area contributed by atoms with Crippen molar-refractivity contribution < 1.29 is 14.3 Å². The van der Waals surface area contributed by atoms with E-state index in [0.717, 1.165) is 62.1 Å². The van der Waals surface area contributed by atoms with Crippen LogP contribution in [-0.2, 0) is 15.9 Å². The lowest BCUT2D eigenvalue weighted by molar-refractivity contribution is -0.0861. The number of benzene rings is 1. The largest absolute Gasteiger partial charge is 0.378 e. The van der Waals surface area contributed by atoms with Gasteiger partial charge in [-0.15, -0.1) is 0 Å². The first kappa shape index (κ1) is 22.7. The predicted octanol–water partition coefficient (Wildman–Crippen LogP) is 2.97. The molecule has 4 aliphatic heterocycles. The average molecular weight is 479 g/mol. The van der Waals surface area contributed by atoms with Crippen LogP contribution in [0.4, 0.5) is 16.3 Å². The highest BCUT2D eigenvalue weighted by molar-refractivity contribution is 5.89. The SMILES string of the molecule is CCNC(=O)Nc1ccc(-c2nc3c(c(N4CCOC[C@@H]4C)n2)C[C@H]2CC[C@@H]3N2C2COC2)cc1. The zero-order valence-corrected chi connectivity index (χ0v) is 20.5. The quantitative estimate of drug-likeness (QED) is 0.683. The van der Waals surface area contributed by atoms with E-state index in [0.29, 0.717) is 31.3 Å². The van der Waals surface area contributed by atoms with E-state index in [9.17, 15) is 4.79 Å². The van der Waals surface area contributed by atoms with Crippen LogP contribution < -0.4 is 15.5 Å². The third-order valence-corrected chi connectivity index (χ3v) is 7.75. The number of urea groups is 1. The number of fused-ring (bicyclic) bond motifs is 4. The van der Waals surface area contributed by atoms with E-state index in [1.54, 1.807) is 0 Å². The normalized spacial score (nSPS) is 26.2. The third-order valence-electron chi connectivity index (χ3n) is 7.75. The molecule has 1 aromatic carbocycles. The Morgan fingerprint density at radius 2 is 1.91 bits per heavy atom. The number of carbonyl (C=O) groups excluding carboxylic acids is 1. The number of anilines is 2. The summed E-state index contributed by atoms with van der Waals surface area (Å²) in [4.78, 5) is 27.4. The Hall–Kier alpha value is -2.75. The van der Waals surface area contributed by atoms with Gasteiger partial charge in [0.05, 0.1) is 50.2 Å². The summed E-state index contributed by atoms with van der Waals surface area (Å²) in [6, 6.07) is 9.26. The molecule has 0 unspecified atom stereocenters. The van der Waals surface area contributed by atoms with Gasteiger partial charge in [-0.05, 0) is 57.4 Å². The lowest BCUT2D eigenvalue weighted by atomic mass is 9.94. The lowest BCUT2D eigenvalue weighted by Crippen LogP contribution is -2.54. The van der Waals surface area contributed by atoms with E-state index < -0.39 is 0 Å². The maximum atomic E-state index is 11.9. The van der Waals surface area contributed by atoms with Crippen LogP contribution in [0.2, 0.25) is 0 Å². The Labute approximate surface area is 206 Å². The van der Waals surface area contributed by atoms with Crippen LogP contribution in [0.5, 0.6) is 0 Å². The van der Waals surface area contributed by atoms with E-state index >= 15 is 0 Å². The minimum absolute atomic E-state index is 0.204. The number of morpholine rings is 1. The smallest absolute Gasteiger partial charge is 0.319 e. The molecule has 0 aliphatic carbocycles. The summed E-state index contributed by atoms with van der Waals surface area (Å²) < 4.78 is 11.3. The molecule has 9 heteroatoms. The van der Waals surface area contributed by atoms with Gasteiger partial charge in [0.2, 0.25) is 0 Å². The monoisotopic (exact) mass is 478 g/mol. The van der Waals surface area contributed by atoms with Gasteiger partial charge in [0, 0.05) is 35.9 Å². The van der Waals surface area contributed by atoms with Crippen molar-refractivity contribution in [2.75, 3.05) is 49.7 Å². The molecular formula is C26H34N6O3. The highest BCUT2D eigenvalue weighted by Crippen LogP contribution is 2.47. The summed E-state index contributed by atoms with van der Waals surface area (Å²) in [7, 11) is 0. The Balaban J connectivity index is 1.38. The third kappa shape index (κ3) is 4.15. The molecule has 6 rings (SSSR count). The second-order valence-corrected chi connectivity index (χ2v) is 10.0. The van der Waals surface area contributed by atoms with Gasteiger partial charge in [-0.1, -0.05) is 0 Å². The van der Waals surface area contributed by atoms with Crippen LogP contribution >= 0.6 is 0 Å². The minimum Gasteiger partial charge on any atom is -0.378 e. The average Bonchev–Trinajstić information content (AvgIpc) is 3.11. The van der Waals surface area contributed by atoms with Gasteiger partial charge in [0.1, 0.15) is 5.82 Å². The number of nitrogens with zero attached hydrogens (tertiary/aromatic N) is 4. The summed E-state index contributed by atoms with van der Waals surface area (Å²) in [6.45, 7) is 8.63. The van der Waals surface area contributed by atoms with Crippen LogP contribution in [0.3, 0.4) is 0 Å². The number of amides is 2. The molecule has 0 saturated carbocycles. The molecular weight excluding hydrogens is 444 g/mol. The Kier molecular flexibility index (Phi) is 6.07. The minimum atomic E-state index is -0.204. The van der Waals surface area contributed by atoms with Crippen molar-refractivity contribution in [2.45, 2.75) is 57.3 Å². The van der Waals surface area contributed by atoms with E-state index in [4.69, 9.17) is 19.4 Å². The highest BCUT2D eigenvalue weighted by Gasteiger charge is 2.47. The van der Waals surface area contributed by atoms with Crippen LogP contribution in [0.15, 0.2) is 24.3 Å². The van der Waals surface area contributed by atoms with Crippen molar-refractivity contribution in [3.05, 3.63) is 35.5 Å². The number of nitrogens with one attached hydrogen (secondary N) is 2. The number of hydrogen-bond donors (Lipinski definition) is 2. The molecule has 186 valence electrons. The van der Waals surface area contributed by atoms with E-state index in [-0.39, 0.29) is 12.1 Å². The molecule has 3 saturated heterocycles. The highest BCUT2D eigenvalue weighted by atomic mass is 16.5. The first-order valence-corrected chi connectivity index (χ1v) is 12.9. The fourth-order valence-corrected chi connectivity index (χ4v) is 5.98. The van der Waals surface area contributed by atoms with E-state index in [1.165, 1.54) is 17.7 Å². The lowest BCUT2D eigenvalue weighted by Gasteiger charge is -2.45. The summed E-state index contributed by atoms with van der Waals surface area (Å²) >= 11 is 0. The van der Waals surface area contributed by atoms with Crippen molar-refractivity contribution >= 4 is 17.5 Å². The number of ether oxygens (including phenoxy) is 2. The molecule has 2 amide bonds. The standard InChI is InChI=1S/C26H34N6O3/c1-3-27-26(33)28-18-6-4-17(5-7-18)24-29-23-21(25(30-24)31-10-11-34-13-16(31)2)12-19-8-9-22(23)32(19)20-14-35-15-20/h4-7,16,19-20,22H,3,8-15H2,1-2H3,(H2,27,28,33)/t16-,19+,22-/m0/s1. The van der Waals surface area contributed by atoms with Gasteiger partial charge in [0.25, 0.3) is 0 Å². The number of carbonyl (C=O) groups is 1. The molecule has 3 fully saturated rings. The zero-order chi connectivity index (χ0) is 23.9. The van der Waals surface area contributed by atoms with E-state index in [2.05, 4.69) is 27.4 Å². The molecule has 1 aromatic heterocycles. The van der Waals surface area contributed by atoms with E-state index in [1.807, 2.05) is 31.2 Å². The first-order chi connectivity index (χ1) is 17.1. The predicted molar refractivity (Wildman–Crippen MR) is 134 cm³/mol. The zero-order valence-electron chi connectivity index (χ0n) is 20.5. The van der Waals surface area contributed by atoms with Crippen LogP contribution in [0, 0.1) is 0 Å². The molecule has 0 radical (unpaired) electrons. The van der Waals surface area contributed by atoms with Crippen molar-refractivity contribution in [3.63, 3.8) is 0 Å². The van der Waals surface area contributed by atoms with Crippen molar-refractivity contribution in [1.82, 2.24) is 20.2 Å². The summed E-state index contributed by atoms with van der Waals surface area (Å²) in [5, 5.41) is 5.62. The van der Waals surface area contributed by atoms with Gasteiger partial charge < -0.3 is 25.0 Å². The van der Waals surface area contributed by atoms with Gasteiger partial charge in [-0.2, -0.15) is 0 Å². The fourth-order valence-electron chi connectivity index (χ4n) is 5.98. The van der Waals surface area contributed by atoms with Crippen molar-refractivity contribution in [1.29, 1.82) is 0 Å². The second kappa shape index (κ2) is 9.37. The van der Waals surface area contributed by atoms with Gasteiger partial charge >= 0.3 is 6.03 Å². The Morgan fingerprint density at radius 1 is 1.09 bits per heavy atom. The summed E-state index contributed by atoms with van der Waals surface area (Å²) in [5.74, 6) is 1.82. The first-order valence-electron chi connectivity index (χ1n) is 12.9. The maximum Gasteiger partial charge on any atom is 0.319 e. The van der Waals surface area contributed by atoms with Gasteiger partial charge in [-0.3, -0.25) is 4.90 Å². The number of hydrogen-bond acceptors (Lipinski definition) is 7. The maximum absolute atomic E-state index is 11.9. The molecule has 3 atom stereocenters. The molecule has 2 bridgehead atoms. The van der Waals surface area contributed by atoms with Crippen molar-refractivity contribution in [3.8, 4) is 11.4 Å². The number of aromatic nitrogens is 2. The second-order valence-electron chi connectivity index (χ2n) is 10.0. The van der Waals surface area contributed by atoms with Crippen LogP contribution in [0.1, 0.15) is 44.0 Å². The number of rotatable bonds is 5. The molecule has 4 aliphatic rings. The topological polar surface area (TPSA) is 91.9 Å². The molecule has 2 N–H and O–H groups in total. The molecule has 0 spiro atoms. The summed E-state index contributed by atoms with van der Waals surface area (Å²) in [6.07, 6.45) is 3.33. The molecule has 2 aromatic rings. The Bertz CT molecular complexity index is 1090. The van der Waals surface area contributed by atoms with Gasteiger partial charge in [-0.25, -0.2) is 14.8 Å². The fraction of sp³-hybridized carbons (Fsp3) is 0.577. The molecule has 5 heterocycles. The summed E-state index contributed by atoms with van der Waals surface area (Å²) in [5.41, 5.74) is 4.21. The molecule has 35 heavy (non-hydrogen) atoms. The molecule has 9 nitrogen and oxygen atoms in total. The van der Waals surface area contributed by atoms with Crippen molar-refractivity contribution in [2.24, 2.45) is 0 Å². The Morgan fingerprint density at radius 3 is 2.63 bits per heavy atom.